The number of benzene rings is 3. The van der Waals surface area contributed by atoms with Crippen molar-refractivity contribution in [1.29, 1.82) is 0 Å². The maximum atomic E-state index is 11.7. The number of azo groups is 1. The first kappa shape index (κ1) is 29.0. The number of phenolic OH excluding ortho intramolecular Hbond substituents is 1. The van der Waals surface area contributed by atoms with Gasteiger partial charge in [-0.05, 0) is 0 Å². The standard InChI is InChI=1S/C16H13AsN2O10S2.2ClH/c20-16-14(31(27,28)29)8-9-7-10(30(24,25)26)5-6-11(9)15(16)19-18-13-4-2-1-3-12(13)17(21,22)23;;/h1-8,20H,(H2,21,22,23)(H,24,25,26)(H,27,28,29);2*1H. The maximum absolute atomic E-state index is 11.7. The summed E-state index contributed by atoms with van der Waals surface area (Å²) in [5.74, 6) is -1.03. The van der Waals surface area contributed by atoms with Gasteiger partial charge in [-0.1, -0.05) is 0 Å². The molecule has 0 aliphatic carbocycles. The average Bonchev–Trinajstić information content (AvgIpc) is 2.64. The molecule has 17 heteroatoms. The molecule has 0 saturated heterocycles. The number of hydrogen-bond acceptors (Lipinski definition) is 8. The Kier molecular flexibility index (Phi) is 8.88. The SMILES string of the molecule is Cl.Cl.O=S(=O)(O)c1ccc2c(N=Nc3ccccc3[As](=O)(O)O)c(O)c(S(=O)(=O)O)cc2c1. The van der Waals surface area contributed by atoms with Crippen LogP contribution in [0, 0.1) is 0 Å². The van der Waals surface area contributed by atoms with Crippen molar-refractivity contribution in [2.75, 3.05) is 0 Å². The third-order valence-corrected chi connectivity index (χ3v) is 7.88. The van der Waals surface area contributed by atoms with E-state index < -0.39 is 60.0 Å². The van der Waals surface area contributed by atoms with Crippen LogP contribution in [-0.2, 0) is 24.0 Å². The van der Waals surface area contributed by atoms with Gasteiger partial charge in [0.25, 0.3) is 0 Å². The van der Waals surface area contributed by atoms with Crippen molar-refractivity contribution in [3.05, 3.63) is 48.5 Å². The van der Waals surface area contributed by atoms with E-state index in [1.54, 1.807) is 0 Å². The number of nitrogens with zero attached hydrogens (tertiary/aromatic N) is 2. The molecule has 33 heavy (non-hydrogen) atoms. The fourth-order valence-electron chi connectivity index (χ4n) is 2.69. The van der Waals surface area contributed by atoms with Crippen LogP contribution in [0.15, 0.2) is 68.6 Å². The Morgan fingerprint density at radius 1 is 0.818 bits per heavy atom. The molecule has 0 bridgehead atoms. The number of fused-ring (bicyclic) bond motifs is 1. The van der Waals surface area contributed by atoms with Crippen molar-refractivity contribution in [3.63, 3.8) is 0 Å². The first-order valence-corrected chi connectivity index (χ1v) is 14.3. The van der Waals surface area contributed by atoms with Gasteiger partial charge in [0.05, 0.1) is 0 Å². The molecule has 180 valence electrons. The minimum absolute atomic E-state index is 0. The zero-order valence-corrected chi connectivity index (χ0v) is 21.0. The van der Waals surface area contributed by atoms with Gasteiger partial charge in [-0.25, -0.2) is 0 Å². The molecule has 3 aromatic carbocycles. The summed E-state index contributed by atoms with van der Waals surface area (Å²) in [6, 6.07) is 8.81. The van der Waals surface area contributed by atoms with Crippen molar-refractivity contribution in [1.82, 2.24) is 0 Å². The normalized spacial score (nSPS) is 12.4. The van der Waals surface area contributed by atoms with Crippen LogP contribution < -0.4 is 4.35 Å². The van der Waals surface area contributed by atoms with Crippen LogP contribution in [0.25, 0.3) is 10.8 Å². The molecule has 0 heterocycles. The van der Waals surface area contributed by atoms with Crippen LogP contribution >= 0.6 is 24.8 Å². The van der Waals surface area contributed by atoms with E-state index in [1.165, 1.54) is 18.2 Å². The topological polar surface area (TPSA) is 211 Å². The molecule has 0 aliphatic rings. The van der Waals surface area contributed by atoms with E-state index in [4.69, 9.17) is 0 Å². The van der Waals surface area contributed by atoms with Crippen molar-refractivity contribution < 1.29 is 43.0 Å². The molecule has 12 nitrogen and oxygen atoms in total. The van der Waals surface area contributed by atoms with E-state index in [-0.39, 0.29) is 41.3 Å². The molecule has 0 aromatic heterocycles. The number of halogens is 2. The van der Waals surface area contributed by atoms with Crippen LogP contribution in [0.5, 0.6) is 5.75 Å². The quantitative estimate of drug-likeness (QED) is 0.162. The molecule has 0 atom stereocenters. The van der Waals surface area contributed by atoms with Crippen LogP contribution in [0.4, 0.5) is 11.4 Å². The Morgan fingerprint density at radius 3 is 1.97 bits per heavy atom. The molecule has 3 aromatic rings. The summed E-state index contributed by atoms with van der Waals surface area (Å²) in [6.07, 6.45) is 0. The van der Waals surface area contributed by atoms with E-state index in [0.717, 1.165) is 30.3 Å². The number of aromatic hydroxyl groups is 1. The summed E-state index contributed by atoms with van der Waals surface area (Å²) in [5.41, 5.74) is -0.783. The van der Waals surface area contributed by atoms with Crippen molar-refractivity contribution in [3.8, 4) is 5.75 Å². The monoisotopic (exact) mass is 604 g/mol. The van der Waals surface area contributed by atoms with Crippen LogP contribution in [0.2, 0.25) is 0 Å². The molecule has 0 fully saturated rings. The zero-order chi connectivity index (χ0) is 23.2. The Morgan fingerprint density at radius 2 is 1.42 bits per heavy atom. The van der Waals surface area contributed by atoms with Crippen molar-refractivity contribution in [2.24, 2.45) is 10.2 Å². The second-order valence-corrected chi connectivity index (χ2v) is 12.2. The molecule has 0 unspecified atom stereocenters. The van der Waals surface area contributed by atoms with Gasteiger partial charge >= 0.3 is 178 Å². The molecule has 0 spiro atoms. The van der Waals surface area contributed by atoms with Gasteiger partial charge < -0.3 is 0 Å². The molecule has 0 aliphatic heterocycles. The summed E-state index contributed by atoms with van der Waals surface area (Å²) in [5, 5.41) is 17.6. The summed E-state index contributed by atoms with van der Waals surface area (Å²) in [4.78, 5) is -1.61. The van der Waals surface area contributed by atoms with E-state index in [1.807, 2.05) is 0 Å². The van der Waals surface area contributed by atoms with Crippen molar-refractivity contribution >= 4 is 85.7 Å². The predicted molar refractivity (Wildman–Crippen MR) is 121 cm³/mol. The number of rotatable bonds is 5. The predicted octanol–water partition coefficient (Wildman–Crippen LogP) is 1.86. The second kappa shape index (κ2) is 10.1. The van der Waals surface area contributed by atoms with Crippen molar-refractivity contribution in [2.45, 2.75) is 9.79 Å². The van der Waals surface area contributed by atoms with Crippen LogP contribution in [0.1, 0.15) is 0 Å². The molecule has 0 amide bonds. The van der Waals surface area contributed by atoms with E-state index in [0.29, 0.717) is 0 Å². The fourth-order valence-corrected chi connectivity index (χ4v) is 5.28. The molecule has 5 N–H and O–H groups in total. The van der Waals surface area contributed by atoms with E-state index in [9.17, 15) is 43.0 Å². The summed E-state index contributed by atoms with van der Waals surface area (Å²) < 4.78 is 94.8. The van der Waals surface area contributed by atoms with Gasteiger partial charge in [0.1, 0.15) is 0 Å². The summed E-state index contributed by atoms with van der Waals surface area (Å²) >= 11 is -5.41. The van der Waals surface area contributed by atoms with Gasteiger partial charge in [-0.15, -0.1) is 24.8 Å². The van der Waals surface area contributed by atoms with Gasteiger partial charge in [0.2, 0.25) is 0 Å². The van der Waals surface area contributed by atoms with E-state index in [2.05, 4.69) is 10.2 Å². The van der Waals surface area contributed by atoms with Gasteiger partial charge in [0.15, 0.2) is 0 Å². The van der Waals surface area contributed by atoms with Gasteiger partial charge in [-0.3, -0.25) is 0 Å². The van der Waals surface area contributed by atoms with Gasteiger partial charge in [0, 0.05) is 0 Å². The first-order valence-electron chi connectivity index (χ1n) is 8.01. The first-order chi connectivity index (χ1) is 14.2. The van der Waals surface area contributed by atoms with Crippen LogP contribution in [-0.4, -0.2) is 53.4 Å². The van der Waals surface area contributed by atoms with Crippen LogP contribution in [0.3, 0.4) is 0 Å². The number of hydrogen-bond donors (Lipinski definition) is 5. The minimum atomic E-state index is -5.41. The summed E-state index contributed by atoms with van der Waals surface area (Å²) in [6.45, 7) is 0. The van der Waals surface area contributed by atoms with E-state index >= 15 is 0 Å². The third kappa shape index (κ3) is 6.32. The summed E-state index contributed by atoms with van der Waals surface area (Å²) in [7, 11) is -9.65. The number of phenols is 1. The zero-order valence-electron chi connectivity index (χ0n) is 15.9. The van der Waals surface area contributed by atoms with Gasteiger partial charge in [-0.2, -0.15) is 0 Å². The average molecular weight is 605 g/mol. The Bertz CT molecular complexity index is 1510. The molecule has 0 saturated carbocycles. The molecular weight excluding hydrogens is 590 g/mol. The fraction of sp³-hybridized carbons (Fsp3) is 0. The molecular formula is C16H15AsCl2N2O10S2. The second-order valence-electron chi connectivity index (χ2n) is 6.14. The molecule has 0 radical (unpaired) electrons. The third-order valence-electron chi connectivity index (χ3n) is 4.05. The Balaban J connectivity index is 0.00000272. The Labute approximate surface area is 202 Å². The Hall–Kier alpha value is -2.00. The molecule has 3 rings (SSSR count).